The number of rotatable bonds is 3. The first kappa shape index (κ1) is 14.1. The van der Waals surface area contributed by atoms with Crippen LogP contribution in [0.25, 0.3) is 0 Å². The lowest BCUT2D eigenvalue weighted by Gasteiger charge is -2.23. The molecule has 0 spiro atoms. The summed E-state index contributed by atoms with van der Waals surface area (Å²) in [7, 11) is 0. The van der Waals surface area contributed by atoms with Crippen LogP contribution in [0.2, 0.25) is 0 Å². The van der Waals surface area contributed by atoms with E-state index in [0.717, 1.165) is 11.3 Å². The van der Waals surface area contributed by atoms with E-state index in [9.17, 15) is 4.79 Å². The van der Waals surface area contributed by atoms with E-state index in [4.69, 9.17) is 20.9 Å². The number of esters is 1. The highest BCUT2D eigenvalue weighted by Gasteiger charge is 2.27. The Morgan fingerprint density at radius 2 is 1.95 bits per heavy atom. The van der Waals surface area contributed by atoms with Gasteiger partial charge in [-0.15, -0.1) is 0 Å². The number of anilines is 2. The molecule has 1 atom stereocenters. The smallest absolute Gasteiger partial charge is 0.313 e. The van der Waals surface area contributed by atoms with Crippen molar-refractivity contribution in [3.8, 4) is 5.75 Å². The zero-order valence-corrected chi connectivity index (χ0v) is 11.7. The molecular formula is C14H15N5O3. The number of fused-ring (bicyclic) bond motifs is 1. The van der Waals surface area contributed by atoms with Crippen LogP contribution in [0, 0.1) is 5.92 Å². The number of ether oxygens (including phenoxy) is 2. The van der Waals surface area contributed by atoms with Crippen LogP contribution < -0.4 is 16.2 Å². The summed E-state index contributed by atoms with van der Waals surface area (Å²) in [6.07, 6.45) is 0.580. The molecule has 2 heterocycles. The van der Waals surface area contributed by atoms with Gasteiger partial charge in [-0.3, -0.25) is 4.79 Å². The SMILES string of the molecule is Nc1nc(N)nc(COC(=O)[C@H]2COc3ccccc3C2)n1. The molecule has 0 radical (unpaired) electrons. The van der Waals surface area contributed by atoms with Crippen LogP contribution in [-0.4, -0.2) is 27.5 Å². The van der Waals surface area contributed by atoms with Gasteiger partial charge in [0.25, 0.3) is 0 Å². The molecule has 0 fully saturated rings. The van der Waals surface area contributed by atoms with Gasteiger partial charge in [0.2, 0.25) is 11.9 Å². The highest BCUT2D eigenvalue weighted by Crippen LogP contribution is 2.27. The zero-order valence-electron chi connectivity index (χ0n) is 11.7. The van der Waals surface area contributed by atoms with E-state index in [-0.39, 0.29) is 42.8 Å². The maximum Gasteiger partial charge on any atom is 0.313 e. The molecule has 0 amide bonds. The molecule has 0 aliphatic carbocycles. The maximum absolute atomic E-state index is 12.1. The summed E-state index contributed by atoms with van der Waals surface area (Å²) in [6, 6.07) is 7.62. The molecule has 8 nitrogen and oxygen atoms in total. The topological polar surface area (TPSA) is 126 Å². The van der Waals surface area contributed by atoms with Crippen molar-refractivity contribution in [1.82, 2.24) is 15.0 Å². The van der Waals surface area contributed by atoms with Gasteiger partial charge in [0.15, 0.2) is 12.4 Å². The van der Waals surface area contributed by atoms with Crippen molar-refractivity contribution in [3.05, 3.63) is 35.7 Å². The molecule has 0 saturated heterocycles. The van der Waals surface area contributed by atoms with Gasteiger partial charge in [-0.2, -0.15) is 15.0 Å². The van der Waals surface area contributed by atoms with Crippen LogP contribution in [0.1, 0.15) is 11.4 Å². The summed E-state index contributed by atoms with van der Waals surface area (Å²) < 4.78 is 10.8. The predicted molar refractivity (Wildman–Crippen MR) is 77.6 cm³/mol. The van der Waals surface area contributed by atoms with Gasteiger partial charge in [-0.25, -0.2) is 0 Å². The van der Waals surface area contributed by atoms with E-state index in [0.29, 0.717) is 6.42 Å². The molecule has 4 N–H and O–H groups in total. The molecular weight excluding hydrogens is 286 g/mol. The van der Waals surface area contributed by atoms with Gasteiger partial charge >= 0.3 is 5.97 Å². The molecule has 1 aliphatic heterocycles. The number of para-hydroxylation sites is 1. The first-order chi connectivity index (χ1) is 10.6. The van der Waals surface area contributed by atoms with Crippen LogP contribution >= 0.6 is 0 Å². The molecule has 0 bridgehead atoms. The summed E-state index contributed by atoms with van der Waals surface area (Å²) in [6.45, 7) is 0.186. The van der Waals surface area contributed by atoms with Crippen LogP contribution in [0.15, 0.2) is 24.3 Å². The van der Waals surface area contributed by atoms with Crippen molar-refractivity contribution >= 4 is 17.9 Å². The number of hydrogen-bond donors (Lipinski definition) is 2. The Bertz CT molecular complexity index is 686. The third kappa shape index (κ3) is 3.05. The largest absolute Gasteiger partial charge is 0.492 e. The van der Waals surface area contributed by atoms with Crippen molar-refractivity contribution in [2.24, 2.45) is 5.92 Å². The first-order valence-electron chi connectivity index (χ1n) is 6.75. The summed E-state index contributed by atoms with van der Waals surface area (Å²) >= 11 is 0. The number of carbonyl (C=O) groups excluding carboxylic acids is 1. The number of nitrogens with two attached hydrogens (primary N) is 2. The van der Waals surface area contributed by atoms with Crippen molar-refractivity contribution in [3.63, 3.8) is 0 Å². The lowest BCUT2D eigenvalue weighted by molar-refractivity contribution is -0.151. The molecule has 0 saturated carbocycles. The van der Waals surface area contributed by atoms with E-state index in [1.165, 1.54) is 0 Å². The normalized spacial score (nSPS) is 16.5. The Kier molecular flexibility index (Phi) is 3.73. The number of aromatic nitrogens is 3. The number of hydrogen-bond acceptors (Lipinski definition) is 8. The molecule has 22 heavy (non-hydrogen) atoms. The number of benzene rings is 1. The fourth-order valence-electron chi connectivity index (χ4n) is 2.25. The molecule has 1 aromatic heterocycles. The summed E-state index contributed by atoms with van der Waals surface area (Å²) in [5.74, 6) is 0.292. The van der Waals surface area contributed by atoms with Gasteiger partial charge < -0.3 is 20.9 Å². The summed E-state index contributed by atoms with van der Waals surface area (Å²) in [5, 5.41) is 0. The van der Waals surface area contributed by atoms with Crippen molar-refractivity contribution in [2.75, 3.05) is 18.1 Å². The Labute approximate surface area is 126 Å². The third-order valence-corrected chi connectivity index (χ3v) is 3.27. The number of carbonyl (C=O) groups is 1. The molecule has 2 aromatic rings. The minimum Gasteiger partial charge on any atom is -0.492 e. The van der Waals surface area contributed by atoms with Gasteiger partial charge in [-0.05, 0) is 18.1 Å². The molecule has 1 aromatic carbocycles. The van der Waals surface area contributed by atoms with E-state index < -0.39 is 0 Å². The average molecular weight is 301 g/mol. The number of nitrogens with zero attached hydrogens (tertiary/aromatic N) is 3. The minimum absolute atomic E-state index is 0.00604. The van der Waals surface area contributed by atoms with Crippen molar-refractivity contribution < 1.29 is 14.3 Å². The predicted octanol–water partition coefficient (Wildman–Crippen LogP) is 0.330. The zero-order chi connectivity index (χ0) is 15.5. The van der Waals surface area contributed by atoms with Crippen molar-refractivity contribution in [2.45, 2.75) is 13.0 Å². The maximum atomic E-state index is 12.1. The lowest BCUT2D eigenvalue weighted by atomic mass is 9.97. The summed E-state index contributed by atoms with van der Waals surface area (Å²) in [5.41, 5.74) is 11.9. The summed E-state index contributed by atoms with van der Waals surface area (Å²) in [4.78, 5) is 23.5. The number of nitrogen functional groups attached to an aromatic ring is 2. The monoisotopic (exact) mass is 301 g/mol. The van der Waals surface area contributed by atoms with Gasteiger partial charge in [0.05, 0.1) is 5.92 Å². The molecule has 114 valence electrons. The molecule has 1 aliphatic rings. The quantitative estimate of drug-likeness (QED) is 0.777. The molecule has 0 unspecified atom stereocenters. The van der Waals surface area contributed by atoms with E-state index in [2.05, 4.69) is 15.0 Å². The molecule has 3 rings (SSSR count). The minimum atomic E-state index is -0.368. The van der Waals surface area contributed by atoms with Gasteiger partial charge in [-0.1, -0.05) is 18.2 Å². The first-order valence-corrected chi connectivity index (χ1v) is 6.75. The fraction of sp³-hybridized carbons (Fsp3) is 0.286. The van der Waals surface area contributed by atoms with Crippen LogP contribution in [0.3, 0.4) is 0 Å². The highest BCUT2D eigenvalue weighted by atomic mass is 16.5. The Hall–Kier alpha value is -2.90. The standard InChI is InChI=1S/C14H15N5O3/c15-13-17-11(18-14(16)19-13)7-22-12(20)9-5-8-3-1-2-4-10(8)21-6-9/h1-4,9H,5-7H2,(H4,15,16,17,18,19)/t9-/m1/s1. The second kappa shape index (κ2) is 5.84. The second-order valence-electron chi connectivity index (χ2n) is 4.90. The van der Waals surface area contributed by atoms with E-state index in [1.54, 1.807) is 0 Å². The lowest BCUT2D eigenvalue weighted by Crippen LogP contribution is -2.29. The molecule has 8 heteroatoms. The Morgan fingerprint density at radius 1 is 1.23 bits per heavy atom. The van der Waals surface area contributed by atoms with Gasteiger partial charge in [0.1, 0.15) is 12.4 Å². The van der Waals surface area contributed by atoms with Crippen molar-refractivity contribution in [1.29, 1.82) is 0 Å². The van der Waals surface area contributed by atoms with Gasteiger partial charge in [0, 0.05) is 0 Å². The fourth-order valence-corrected chi connectivity index (χ4v) is 2.25. The second-order valence-corrected chi connectivity index (χ2v) is 4.90. The van der Waals surface area contributed by atoms with E-state index in [1.807, 2.05) is 24.3 Å². The van der Waals surface area contributed by atoms with E-state index >= 15 is 0 Å². The Morgan fingerprint density at radius 3 is 2.73 bits per heavy atom. The third-order valence-electron chi connectivity index (χ3n) is 3.27. The highest BCUT2D eigenvalue weighted by molar-refractivity contribution is 5.73. The van der Waals surface area contributed by atoms with Crippen LogP contribution in [-0.2, 0) is 22.6 Å². The Balaban J connectivity index is 1.61. The van der Waals surface area contributed by atoms with Crippen LogP contribution in [0.5, 0.6) is 5.75 Å². The van der Waals surface area contributed by atoms with Crippen LogP contribution in [0.4, 0.5) is 11.9 Å². The average Bonchev–Trinajstić information content (AvgIpc) is 2.51.